The Morgan fingerprint density at radius 2 is 1.81 bits per heavy atom. The minimum atomic E-state index is -0.651. The van der Waals surface area contributed by atoms with E-state index in [1.165, 1.54) is 23.0 Å². The zero-order chi connectivity index (χ0) is 22.5. The quantitative estimate of drug-likeness (QED) is 0.548. The molecule has 0 aliphatic carbocycles. The Morgan fingerprint density at radius 1 is 1.06 bits per heavy atom. The Bertz CT molecular complexity index is 1100. The number of piperidine rings is 1. The van der Waals surface area contributed by atoms with E-state index in [-0.39, 0.29) is 23.9 Å². The van der Waals surface area contributed by atoms with Crippen molar-refractivity contribution >= 4 is 11.9 Å². The summed E-state index contributed by atoms with van der Waals surface area (Å²) in [5.74, 6) is -0.614. The largest absolute Gasteiger partial charge is 0.497 e. The SMILES string of the molecule is COc1cccc(-c2nn(-c3ccc(F)cc3)cc2C(=O)OCC(=O)N2CCCCC2)c1. The first-order valence-electron chi connectivity index (χ1n) is 10.5. The van der Waals surface area contributed by atoms with Gasteiger partial charge in [-0.2, -0.15) is 5.10 Å². The van der Waals surface area contributed by atoms with Crippen LogP contribution in [0.25, 0.3) is 16.9 Å². The van der Waals surface area contributed by atoms with Crippen molar-refractivity contribution in [2.24, 2.45) is 0 Å². The average molecular weight is 437 g/mol. The van der Waals surface area contributed by atoms with Crippen LogP contribution in [0.1, 0.15) is 29.6 Å². The number of benzene rings is 2. The smallest absolute Gasteiger partial charge is 0.342 e. The van der Waals surface area contributed by atoms with E-state index in [0.717, 1.165) is 19.3 Å². The number of likely N-dealkylation sites (tertiary alicyclic amines) is 1. The van der Waals surface area contributed by atoms with Crippen LogP contribution in [0.5, 0.6) is 5.75 Å². The average Bonchev–Trinajstić information content (AvgIpc) is 3.29. The molecule has 1 fully saturated rings. The molecule has 1 saturated heterocycles. The summed E-state index contributed by atoms with van der Waals surface area (Å²) in [5, 5.41) is 4.54. The summed E-state index contributed by atoms with van der Waals surface area (Å²) in [6, 6.07) is 12.9. The maximum Gasteiger partial charge on any atom is 0.342 e. The number of hydrogen-bond donors (Lipinski definition) is 0. The van der Waals surface area contributed by atoms with Crippen LogP contribution in [-0.2, 0) is 9.53 Å². The lowest BCUT2D eigenvalue weighted by Gasteiger charge is -2.26. The predicted octanol–water partition coefficient (Wildman–Crippen LogP) is 3.86. The number of aromatic nitrogens is 2. The highest BCUT2D eigenvalue weighted by molar-refractivity contribution is 5.97. The number of carbonyl (C=O) groups excluding carboxylic acids is 2. The van der Waals surface area contributed by atoms with Gasteiger partial charge < -0.3 is 14.4 Å². The molecule has 3 aromatic rings. The molecule has 2 aromatic carbocycles. The van der Waals surface area contributed by atoms with Gasteiger partial charge in [-0.1, -0.05) is 12.1 Å². The van der Waals surface area contributed by atoms with Crippen LogP contribution < -0.4 is 4.74 Å². The lowest BCUT2D eigenvalue weighted by Crippen LogP contribution is -2.38. The lowest BCUT2D eigenvalue weighted by molar-refractivity contribution is -0.135. The van der Waals surface area contributed by atoms with E-state index in [9.17, 15) is 14.0 Å². The van der Waals surface area contributed by atoms with Gasteiger partial charge in [0.25, 0.3) is 5.91 Å². The summed E-state index contributed by atoms with van der Waals surface area (Å²) in [4.78, 5) is 27.1. The molecule has 2 heterocycles. The molecule has 1 aliphatic rings. The first kappa shape index (κ1) is 21.5. The van der Waals surface area contributed by atoms with E-state index in [4.69, 9.17) is 9.47 Å². The van der Waals surface area contributed by atoms with Crippen molar-refractivity contribution in [1.82, 2.24) is 14.7 Å². The molecule has 166 valence electrons. The lowest BCUT2D eigenvalue weighted by atomic mass is 10.1. The summed E-state index contributed by atoms with van der Waals surface area (Å²) in [5.41, 5.74) is 1.82. The molecular weight excluding hydrogens is 413 g/mol. The van der Waals surface area contributed by atoms with Crippen molar-refractivity contribution in [3.8, 4) is 22.7 Å². The van der Waals surface area contributed by atoms with Crippen LogP contribution in [0.4, 0.5) is 4.39 Å². The Hall–Kier alpha value is -3.68. The van der Waals surface area contributed by atoms with Crippen LogP contribution in [0, 0.1) is 5.82 Å². The summed E-state index contributed by atoms with van der Waals surface area (Å²) < 4.78 is 25.5. The van der Waals surface area contributed by atoms with Gasteiger partial charge in [0.2, 0.25) is 0 Å². The highest BCUT2D eigenvalue weighted by Gasteiger charge is 2.23. The fraction of sp³-hybridized carbons (Fsp3) is 0.292. The van der Waals surface area contributed by atoms with E-state index in [2.05, 4.69) is 5.10 Å². The second-order valence-corrected chi connectivity index (χ2v) is 7.56. The van der Waals surface area contributed by atoms with Gasteiger partial charge in [0, 0.05) is 24.8 Å². The molecule has 0 bridgehead atoms. The normalized spacial score (nSPS) is 13.6. The maximum atomic E-state index is 13.3. The highest BCUT2D eigenvalue weighted by atomic mass is 19.1. The first-order valence-corrected chi connectivity index (χ1v) is 10.5. The number of amides is 1. The molecule has 0 spiro atoms. The van der Waals surface area contributed by atoms with Crippen molar-refractivity contribution in [3.63, 3.8) is 0 Å². The fourth-order valence-electron chi connectivity index (χ4n) is 3.67. The molecule has 8 heteroatoms. The van der Waals surface area contributed by atoms with Crippen molar-refractivity contribution in [2.75, 3.05) is 26.8 Å². The Kier molecular flexibility index (Phi) is 6.49. The predicted molar refractivity (Wildman–Crippen MR) is 116 cm³/mol. The van der Waals surface area contributed by atoms with E-state index in [1.807, 2.05) is 0 Å². The van der Waals surface area contributed by atoms with Crippen molar-refractivity contribution in [2.45, 2.75) is 19.3 Å². The molecule has 0 radical (unpaired) electrons. The molecule has 1 amide bonds. The van der Waals surface area contributed by atoms with E-state index < -0.39 is 5.97 Å². The van der Waals surface area contributed by atoms with Crippen LogP contribution in [0.15, 0.2) is 54.7 Å². The molecule has 1 aliphatic heterocycles. The summed E-state index contributed by atoms with van der Waals surface area (Å²) >= 11 is 0. The van der Waals surface area contributed by atoms with E-state index in [1.54, 1.807) is 48.4 Å². The second kappa shape index (κ2) is 9.64. The van der Waals surface area contributed by atoms with Gasteiger partial charge in [-0.25, -0.2) is 13.9 Å². The van der Waals surface area contributed by atoms with Gasteiger partial charge >= 0.3 is 5.97 Å². The van der Waals surface area contributed by atoms with Crippen LogP contribution in [-0.4, -0.2) is 53.4 Å². The zero-order valence-corrected chi connectivity index (χ0v) is 17.8. The molecule has 0 N–H and O–H groups in total. The van der Waals surface area contributed by atoms with Crippen molar-refractivity contribution < 1.29 is 23.5 Å². The van der Waals surface area contributed by atoms with E-state index >= 15 is 0 Å². The van der Waals surface area contributed by atoms with Gasteiger partial charge in [0.1, 0.15) is 22.8 Å². The maximum absolute atomic E-state index is 13.3. The topological polar surface area (TPSA) is 73.7 Å². The third kappa shape index (κ3) is 4.80. The van der Waals surface area contributed by atoms with Crippen molar-refractivity contribution in [1.29, 1.82) is 0 Å². The van der Waals surface area contributed by atoms with Gasteiger partial charge in [-0.3, -0.25) is 4.79 Å². The summed E-state index contributed by atoms with van der Waals surface area (Å²) in [6.07, 6.45) is 4.56. The molecule has 0 unspecified atom stereocenters. The summed E-state index contributed by atoms with van der Waals surface area (Å²) in [7, 11) is 1.55. The van der Waals surface area contributed by atoms with Gasteiger partial charge in [0.05, 0.1) is 12.8 Å². The fourth-order valence-corrected chi connectivity index (χ4v) is 3.67. The standard InChI is InChI=1S/C24H24FN3O4/c1-31-20-7-5-6-17(14-20)23-21(15-28(26-23)19-10-8-18(25)9-11-19)24(30)32-16-22(29)27-12-3-2-4-13-27/h5-11,14-15H,2-4,12-13,16H2,1H3. The van der Waals surface area contributed by atoms with Gasteiger partial charge in [-0.05, 0) is 55.7 Å². The third-order valence-corrected chi connectivity index (χ3v) is 5.40. The molecule has 32 heavy (non-hydrogen) atoms. The number of esters is 1. The Morgan fingerprint density at radius 3 is 2.53 bits per heavy atom. The minimum Gasteiger partial charge on any atom is -0.497 e. The highest BCUT2D eigenvalue weighted by Crippen LogP contribution is 2.27. The molecule has 7 nitrogen and oxygen atoms in total. The zero-order valence-electron chi connectivity index (χ0n) is 17.8. The Balaban J connectivity index is 1.61. The van der Waals surface area contributed by atoms with Gasteiger partial charge in [-0.15, -0.1) is 0 Å². The molecule has 0 saturated carbocycles. The van der Waals surface area contributed by atoms with Crippen LogP contribution in [0.3, 0.4) is 0 Å². The second-order valence-electron chi connectivity index (χ2n) is 7.56. The molecule has 0 atom stereocenters. The third-order valence-electron chi connectivity index (χ3n) is 5.40. The monoisotopic (exact) mass is 437 g/mol. The summed E-state index contributed by atoms with van der Waals surface area (Å²) in [6.45, 7) is 1.06. The number of nitrogens with zero attached hydrogens (tertiary/aromatic N) is 3. The minimum absolute atomic E-state index is 0.202. The number of ether oxygens (including phenoxy) is 2. The molecular formula is C24H24FN3O4. The number of halogens is 1. The number of carbonyl (C=O) groups is 2. The van der Waals surface area contributed by atoms with Crippen LogP contribution >= 0.6 is 0 Å². The van der Waals surface area contributed by atoms with E-state index in [0.29, 0.717) is 35.8 Å². The number of methoxy groups -OCH3 is 1. The number of hydrogen-bond acceptors (Lipinski definition) is 5. The van der Waals surface area contributed by atoms with Crippen molar-refractivity contribution in [3.05, 3.63) is 66.1 Å². The molecule has 4 rings (SSSR count). The van der Waals surface area contributed by atoms with Gasteiger partial charge in [0.15, 0.2) is 6.61 Å². The first-order chi connectivity index (χ1) is 15.5. The molecule has 1 aromatic heterocycles. The van der Waals surface area contributed by atoms with Crippen LogP contribution in [0.2, 0.25) is 0 Å². The number of rotatable bonds is 6. The Labute approximate surface area is 185 Å².